The van der Waals surface area contributed by atoms with Gasteiger partial charge in [-0.15, -0.1) is 0 Å². The predicted molar refractivity (Wildman–Crippen MR) is 92.1 cm³/mol. The SMILES string of the molecule is Cc1ccc(/C=C2\OC(Nc3ccccc3)=C(C(=O)[O-])C2=O)c(C)c1. The van der Waals surface area contributed by atoms with Crippen molar-refractivity contribution in [2.75, 3.05) is 5.32 Å². The van der Waals surface area contributed by atoms with Crippen LogP contribution in [0.5, 0.6) is 0 Å². The maximum Gasteiger partial charge on any atom is 0.235 e. The summed E-state index contributed by atoms with van der Waals surface area (Å²) in [6.07, 6.45) is 1.54. The first-order valence-corrected chi connectivity index (χ1v) is 7.75. The van der Waals surface area contributed by atoms with Gasteiger partial charge in [0.1, 0.15) is 5.57 Å². The van der Waals surface area contributed by atoms with Crippen molar-refractivity contribution in [3.05, 3.63) is 82.4 Å². The lowest BCUT2D eigenvalue weighted by Gasteiger charge is -2.09. The molecule has 0 aromatic heterocycles. The highest BCUT2D eigenvalue weighted by Gasteiger charge is 2.31. The Kier molecular flexibility index (Phi) is 4.39. The minimum absolute atomic E-state index is 0.0513. The number of nitrogens with one attached hydrogen (secondary N) is 1. The van der Waals surface area contributed by atoms with Crippen LogP contribution >= 0.6 is 0 Å². The summed E-state index contributed by atoms with van der Waals surface area (Å²) in [6.45, 7) is 3.88. The van der Waals surface area contributed by atoms with Gasteiger partial charge in [-0.05, 0) is 43.2 Å². The highest BCUT2D eigenvalue weighted by Crippen LogP contribution is 2.28. The molecule has 0 saturated heterocycles. The second-order valence-electron chi connectivity index (χ2n) is 5.78. The first-order chi connectivity index (χ1) is 12.0. The molecule has 0 fully saturated rings. The van der Waals surface area contributed by atoms with Crippen LogP contribution in [0, 0.1) is 13.8 Å². The van der Waals surface area contributed by atoms with Gasteiger partial charge in [0, 0.05) is 5.69 Å². The van der Waals surface area contributed by atoms with Crippen LogP contribution < -0.4 is 10.4 Å². The van der Waals surface area contributed by atoms with Crippen molar-refractivity contribution in [1.82, 2.24) is 0 Å². The van der Waals surface area contributed by atoms with Crippen molar-refractivity contribution < 1.29 is 19.4 Å². The zero-order valence-corrected chi connectivity index (χ0v) is 13.8. The van der Waals surface area contributed by atoms with Crippen LogP contribution in [0.25, 0.3) is 6.08 Å². The average Bonchev–Trinajstić information content (AvgIpc) is 2.86. The van der Waals surface area contributed by atoms with Crippen LogP contribution in [0.15, 0.2) is 65.7 Å². The molecule has 2 aromatic rings. The summed E-state index contributed by atoms with van der Waals surface area (Å²) in [5, 5.41) is 14.2. The van der Waals surface area contributed by atoms with Gasteiger partial charge in [0.05, 0.1) is 5.97 Å². The van der Waals surface area contributed by atoms with Crippen molar-refractivity contribution in [3.8, 4) is 0 Å². The molecule has 25 heavy (non-hydrogen) atoms. The Labute approximate surface area is 145 Å². The molecule has 2 aromatic carbocycles. The number of Topliss-reactive ketones (excluding diaryl/α,β-unsaturated/α-hetero) is 1. The lowest BCUT2D eigenvalue weighted by atomic mass is 10.0. The molecule has 5 nitrogen and oxygen atoms in total. The summed E-state index contributed by atoms with van der Waals surface area (Å²) in [6, 6.07) is 14.6. The van der Waals surface area contributed by atoms with Crippen LogP contribution in [-0.4, -0.2) is 11.8 Å². The van der Waals surface area contributed by atoms with Crippen LogP contribution in [-0.2, 0) is 14.3 Å². The Bertz CT molecular complexity index is 911. The molecule has 1 N–H and O–H groups in total. The van der Waals surface area contributed by atoms with E-state index >= 15 is 0 Å². The largest absolute Gasteiger partial charge is 0.544 e. The minimum atomic E-state index is -1.58. The molecule has 126 valence electrons. The summed E-state index contributed by atoms with van der Waals surface area (Å²) < 4.78 is 5.50. The summed E-state index contributed by atoms with van der Waals surface area (Å²) in [4.78, 5) is 23.8. The number of aryl methyl sites for hydroxylation is 2. The normalized spacial score (nSPS) is 15.4. The number of carbonyl (C=O) groups is 2. The smallest absolute Gasteiger partial charge is 0.235 e. The second kappa shape index (κ2) is 6.65. The fourth-order valence-corrected chi connectivity index (χ4v) is 2.58. The van der Waals surface area contributed by atoms with Crippen LogP contribution in [0.4, 0.5) is 5.69 Å². The van der Waals surface area contributed by atoms with Gasteiger partial charge < -0.3 is 20.0 Å². The van der Waals surface area contributed by atoms with Crippen LogP contribution in [0.2, 0.25) is 0 Å². The average molecular weight is 334 g/mol. The van der Waals surface area contributed by atoms with Crippen molar-refractivity contribution in [2.24, 2.45) is 0 Å². The Hall–Kier alpha value is -3.34. The molecule has 1 aliphatic rings. The third kappa shape index (κ3) is 3.45. The van der Waals surface area contributed by atoms with Crippen LogP contribution in [0.1, 0.15) is 16.7 Å². The van der Waals surface area contributed by atoms with Gasteiger partial charge in [-0.1, -0.05) is 42.0 Å². The fourth-order valence-electron chi connectivity index (χ4n) is 2.58. The number of benzene rings is 2. The van der Waals surface area contributed by atoms with Crippen molar-refractivity contribution in [2.45, 2.75) is 13.8 Å². The summed E-state index contributed by atoms with van der Waals surface area (Å²) >= 11 is 0. The minimum Gasteiger partial charge on any atom is -0.544 e. The van der Waals surface area contributed by atoms with Gasteiger partial charge in [-0.2, -0.15) is 0 Å². The topological polar surface area (TPSA) is 78.5 Å². The zero-order valence-electron chi connectivity index (χ0n) is 13.8. The number of carboxylic acid groups (broad SMARTS) is 1. The first kappa shape index (κ1) is 16.5. The number of allylic oxidation sites excluding steroid dienone is 1. The molecule has 0 aliphatic carbocycles. The van der Waals surface area contributed by atoms with Gasteiger partial charge in [0.15, 0.2) is 5.76 Å². The van der Waals surface area contributed by atoms with E-state index in [1.54, 1.807) is 30.3 Å². The molecule has 0 atom stereocenters. The number of ether oxygens (including phenoxy) is 1. The maximum absolute atomic E-state index is 12.4. The maximum atomic E-state index is 12.4. The Morgan fingerprint density at radius 2 is 1.84 bits per heavy atom. The quantitative estimate of drug-likeness (QED) is 0.686. The second-order valence-corrected chi connectivity index (χ2v) is 5.78. The number of hydrogen-bond donors (Lipinski definition) is 1. The molecule has 1 heterocycles. The number of ketones is 1. The lowest BCUT2D eigenvalue weighted by molar-refractivity contribution is -0.298. The van der Waals surface area contributed by atoms with E-state index in [0.29, 0.717) is 5.69 Å². The standard InChI is InChI=1S/C20H17NO4/c1-12-8-9-14(13(2)10-12)11-16-18(22)17(20(23)24)19(25-16)21-15-6-4-3-5-7-15/h3-11,21H,1-2H3,(H,23,24)/p-1/b16-11-. The van der Waals surface area contributed by atoms with E-state index in [9.17, 15) is 14.7 Å². The Morgan fingerprint density at radius 1 is 1.12 bits per heavy atom. The molecule has 0 amide bonds. The number of rotatable bonds is 4. The monoisotopic (exact) mass is 334 g/mol. The van der Waals surface area contributed by atoms with E-state index < -0.39 is 17.3 Å². The highest BCUT2D eigenvalue weighted by molar-refractivity contribution is 6.25. The molecular weight excluding hydrogens is 318 g/mol. The summed E-state index contributed by atoms with van der Waals surface area (Å²) in [5.74, 6) is -2.47. The first-order valence-electron chi connectivity index (χ1n) is 7.75. The van der Waals surface area contributed by atoms with Gasteiger partial charge in [0.2, 0.25) is 11.7 Å². The summed E-state index contributed by atoms with van der Waals surface area (Å²) in [7, 11) is 0. The number of para-hydroxylation sites is 1. The van der Waals surface area contributed by atoms with Gasteiger partial charge in [-0.25, -0.2) is 0 Å². The van der Waals surface area contributed by atoms with E-state index in [0.717, 1.165) is 16.7 Å². The molecule has 0 bridgehead atoms. The van der Waals surface area contributed by atoms with E-state index in [-0.39, 0.29) is 11.6 Å². The van der Waals surface area contributed by atoms with E-state index in [4.69, 9.17) is 4.74 Å². The molecule has 3 rings (SSSR count). The Balaban J connectivity index is 1.95. The molecule has 0 unspecified atom stereocenters. The van der Waals surface area contributed by atoms with Crippen molar-refractivity contribution in [3.63, 3.8) is 0 Å². The van der Waals surface area contributed by atoms with E-state index in [1.807, 2.05) is 38.1 Å². The van der Waals surface area contributed by atoms with Gasteiger partial charge in [0.25, 0.3) is 0 Å². The van der Waals surface area contributed by atoms with Gasteiger partial charge in [-0.3, -0.25) is 4.79 Å². The third-order valence-corrected chi connectivity index (χ3v) is 3.84. The molecule has 0 spiro atoms. The lowest BCUT2D eigenvalue weighted by Crippen LogP contribution is -2.28. The van der Waals surface area contributed by atoms with E-state index in [2.05, 4.69) is 5.32 Å². The molecule has 1 aliphatic heterocycles. The number of carboxylic acids is 1. The summed E-state index contributed by atoms with van der Waals surface area (Å²) in [5.41, 5.74) is 2.94. The molecule has 0 radical (unpaired) electrons. The van der Waals surface area contributed by atoms with Crippen molar-refractivity contribution >= 4 is 23.5 Å². The predicted octanol–water partition coefficient (Wildman–Crippen LogP) is 2.32. The highest BCUT2D eigenvalue weighted by atomic mass is 16.5. The fraction of sp³-hybridized carbons (Fsp3) is 0.100. The van der Waals surface area contributed by atoms with Gasteiger partial charge >= 0.3 is 0 Å². The Morgan fingerprint density at radius 3 is 2.48 bits per heavy atom. The number of carbonyl (C=O) groups excluding carboxylic acids is 2. The molecule has 5 heteroatoms. The third-order valence-electron chi connectivity index (χ3n) is 3.84. The number of aliphatic carboxylic acids is 1. The van der Waals surface area contributed by atoms with Crippen molar-refractivity contribution in [1.29, 1.82) is 0 Å². The number of hydrogen-bond acceptors (Lipinski definition) is 5. The zero-order chi connectivity index (χ0) is 18.0. The number of anilines is 1. The van der Waals surface area contributed by atoms with Crippen LogP contribution in [0.3, 0.4) is 0 Å². The molecule has 0 saturated carbocycles. The molecular formula is C20H16NO4-. The van der Waals surface area contributed by atoms with E-state index in [1.165, 1.54) is 0 Å².